The first-order valence-electron chi connectivity index (χ1n) is 14.0. The van der Waals surface area contributed by atoms with Gasteiger partial charge in [-0.1, -0.05) is 65.4 Å². The van der Waals surface area contributed by atoms with Crippen LogP contribution in [0.4, 0.5) is 0 Å². The zero-order valence-electron chi connectivity index (χ0n) is 24.1. The molecule has 0 spiro atoms. The number of aromatic nitrogens is 1. The van der Waals surface area contributed by atoms with E-state index in [9.17, 15) is 14.4 Å². The summed E-state index contributed by atoms with van der Waals surface area (Å²) in [5.74, 6) is -0.117. The van der Waals surface area contributed by atoms with Crippen molar-refractivity contribution in [3.63, 3.8) is 0 Å². The number of allylic oxidation sites excluding steroid dienone is 1. The molecule has 0 fully saturated rings. The molecule has 1 aliphatic heterocycles. The number of esters is 2. The maximum Gasteiger partial charge on any atom is 0.339 e. The molecule has 3 aromatic carbocycles. The van der Waals surface area contributed by atoms with Crippen LogP contribution in [0.2, 0.25) is 5.02 Å². The Labute approximate surface area is 261 Å². The summed E-state index contributed by atoms with van der Waals surface area (Å²) in [5.41, 5.74) is 2.17. The van der Waals surface area contributed by atoms with E-state index in [4.69, 9.17) is 25.5 Å². The molecule has 0 radical (unpaired) electrons. The average molecular weight is 627 g/mol. The van der Waals surface area contributed by atoms with Crippen LogP contribution in [0.25, 0.3) is 28.2 Å². The highest BCUT2D eigenvalue weighted by Gasteiger charge is 2.34. The molecule has 0 bridgehead atoms. The minimum Gasteiger partial charge on any atom is -0.463 e. The van der Waals surface area contributed by atoms with E-state index in [2.05, 4.69) is 4.99 Å². The molecule has 0 saturated carbocycles. The standard InChI is InChI=1S/C34H27ClN2O6S/c1-4-41-32(39)25-17-21(13-15-26(25)35)27-16-14-22(43-27)18-28-31(38)37-30(24-12-8-10-20-9-6-7-11-23(20)24)29(33(40)42-5-2)19(3)36-34(37)44-28/h6-18,30H,4-5H2,1-3H3/b28-18+/t30-/m0/s1. The van der Waals surface area contributed by atoms with Crippen molar-refractivity contribution in [3.05, 3.63) is 126 Å². The van der Waals surface area contributed by atoms with Gasteiger partial charge in [0.15, 0.2) is 4.80 Å². The largest absolute Gasteiger partial charge is 0.463 e. The normalized spacial score (nSPS) is 14.8. The van der Waals surface area contributed by atoms with E-state index >= 15 is 0 Å². The van der Waals surface area contributed by atoms with E-state index in [1.54, 1.807) is 61.7 Å². The Kier molecular flexibility index (Phi) is 8.07. The molecule has 6 rings (SSSR count). The van der Waals surface area contributed by atoms with E-state index in [1.165, 1.54) is 11.3 Å². The van der Waals surface area contributed by atoms with Gasteiger partial charge in [0.25, 0.3) is 5.56 Å². The number of carbonyl (C=O) groups excluding carboxylic acids is 2. The number of ether oxygens (including phenoxy) is 2. The van der Waals surface area contributed by atoms with Crippen LogP contribution in [0.3, 0.4) is 0 Å². The summed E-state index contributed by atoms with van der Waals surface area (Å²) in [4.78, 5) is 44.8. The van der Waals surface area contributed by atoms with Gasteiger partial charge in [-0.15, -0.1) is 0 Å². The molecule has 2 aromatic heterocycles. The highest BCUT2D eigenvalue weighted by Crippen LogP contribution is 2.35. The van der Waals surface area contributed by atoms with Gasteiger partial charge in [-0.3, -0.25) is 9.36 Å². The predicted molar refractivity (Wildman–Crippen MR) is 169 cm³/mol. The number of furan rings is 1. The average Bonchev–Trinajstić information content (AvgIpc) is 3.60. The molecule has 8 nitrogen and oxygen atoms in total. The smallest absolute Gasteiger partial charge is 0.339 e. The first kappa shape index (κ1) is 29.3. The molecule has 0 saturated heterocycles. The van der Waals surface area contributed by atoms with Crippen molar-refractivity contribution in [1.29, 1.82) is 0 Å². The van der Waals surface area contributed by atoms with Gasteiger partial charge in [0.05, 0.1) is 45.6 Å². The van der Waals surface area contributed by atoms with Crippen molar-refractivity contribution < 1.29 is 23.5 Å². The summed E-state index contributed by atoms with van der Waals surface area (Å²) in [6.45, 7) is 5.65. The Morgan fingerprint density at radius 3 is 2.55 bits per heavy atom. The number of hydrogen-bond acceptors (Lipinski definition) is 8. The lowest BCUT2D eigenvalue weighted by molar-refractivity contribution is -0.139. The Hall–Kier alpha value is -4.73. The molecular weight excluding hydrogens is 600 g/mol. The van der Waals surface area contributed by atoms with Crippen molar-refractivity contribution in [2.45, 2.75) is 26.8 Å². The molecule has 1 aliphatic rings. The summed E-state index contributed by atoms with van der Waals surface area (Å²) in [6.07, 6.45) is 1.65. The Bertz CT molecular complexity index is 2150. The zero-order chi connectivity index (χ0) is 31.0. The van der Waals surface area contributed by atoms with E-state index in [0.717, 1.165) is 16.3 Å². The van der Waals surface area contributed by atoms with Gasteiger partial charge in [0.2, 0.25) is 0 Å². The fraction of sp³-hybridized carbons (Fsp3) is 0.176. The van der Waals surface area contributed by atoms with Gasteiger partial charge in [0.1, 0.15) is 11.5 Å². The van der Waals surface area contributed by atoms with Gasteiger partial charge < -0.3 is 13.9 Å². The van der Waals surface area contributed by atoms with E-state index in [1.807, 2.05) is 42.5 Å². The van der Waals surface area contributed by atoms with Crippen molar-refractivity contribution in [3.8, 4) is 11.3 Å². The van der Waals surface area contributed by atoms with Gasteiger partial charge >= 0.3 is 11.9 Å². The van der Waals surface area contributed by atoms with Gasteiger partial charge in [0, 0.05) is 11.6 Å². The van der Waals surface area contributed by atoms with Crippen LogP contribution < -0.4 is 14.9 Å². The predicted octanol–water partition coefficient (Wildman–Crippen LogP) is 6.04. The zero-order valence-corrected chi connectivity index (χ0v) is 25.7. The fourth-order valence-corrected chi connectivity index (χ4v) is 6.55. The SMILES string of the molecule is CCOC(=O)C1=C(C)N=c2s/c(=C/c3ccc(-c4ccc(Cl)c(C(=O)OCC)c4)o3)c(=O)n2[C@H]1c1cccc2ccccc12. The minimum absolute atomic E-state index is 0.192. The van der Waals surface area contributed by atoms with Gasteiger partial charge in [-0.05, 0) is 67.4 Å². The summed E-state index contributed by atoms with van der Waals surface area (Å²) in [5, 5.41) is 2.19. The number of halogens is 1. The van der Waals surface area contributed by atoms with Crippen LogP contribution in [-0.2, 0) is 14.3 Å². The van der Waals surface area contributed by atoms with Crippen LogP contribution in [-0.4, -0.2) is 29.7 Å². The number of hydrogen-bond donors (Lipinski definition) is 0. The highest BCUT2D eigenvalue weighted by atomic mass is 35.5. The van der Waals surface area contributed by atoms with Crippen LogP contribution in [0.1, 0.15) is 48.5 Å². The topological polar surface area (TPSA) is 100 Å². The number of carbonyl (C=O) groups is 2. The lowest BCUT2D eigenvalue weighted by atomic mass is 9.91. The van der Waals surface area contributed by atoms with Crippen molar-refractivity contribution >= 4 is 51.7 Å². The lowest BCUT2D eigenvalue weighted by Gasteiger charge is -2.25. The number of benzene rings is 3. The van der Waals surface area contributed by atoms with E-state index < -0.39 is 18.0 Å². The second-order valence-electron chi connectivity index (χ2n) is 9.99. The summed E-state index contributed by atoms with van der Waals surface area (Å²) in [6, 6.07) is 21.4. The Balaban J connectivity index is 1.47. The second-order valence-corrected chi connectivity index (χ2v) is 11.4. The van der Waals surface area contributed by atoms with Crippen molar-refractivity contribution in [2.75, 3.05) is 13.2 Å². The highest BCUT2D eigenvalue weighted by molar-refractivity contribution is 7.07. The summed E-state index contributed by atoms with van der Waals surface area (Å²) in [7, 11) is 0. The Morgan fingerprint density at radius 2 is 1.75 bits per heavy atom. The molecular formula is C34H27ClN2O6S. The molecule has 5 aromatic rings. The van der Waals surface area contributed by atoms with Gasteiger partial charge in [-0.25, -0.2) is 14.6 Å². The minimum atomic E-state index is -0.735. The summed E-state index contributed by atoms with van der Waals surface area (Å²) >= 11 is 7.44. The number of rotatable bonds is 7. The first-order chi connectivity index (χ1) is 21.3. The van der Waals surface area contributed by atoms with Crippen molar-refractivity contribution in [1.82, 2.24) is 4.57 Å². The van der Waals surface area contributed by atoms with Gasteiger partial charge in [-0.2, -0.15) is 0 Å². The number of fused-ring (bicyclic) bond motifs is 2. The molecule has 222 valence electrons. The molecule has 0 unspecified atom stereocenters. The molecule has 10 heteroatoms. The molecule has 44 heavy (non-hydrogen) atoms. The molecule has 1 atom stereocenters. The fourth-order valence-electron chi connectivity index (χ4n) is 5.33. The third-order valence-electron chi connectivity index (χ3n) is 7.28. The van der Waals surface area contributed by atoms with Crippen LogP contribution in [0, 0.1) is 0 Å². The maximum absolute atomic E-state index is 14.1. The maximum atomic E-state index is 14.1. The summed E-state index contributed by atoms with van der Waals surface area (Å²) < 4.78 is 18.6. The second kappa shape index (κ2) is 12.1. The van der Waals surface area contributed by atoms with Crippen LogP contribution in [0.5, 0.6) is 0 Å². The third kappa shape index (κ3) is 5.29. The first-order valence-corrected chi connectivity index (χ1v) is 15.2. The molecule has 0 amide bonds. The monoisotopic (exact) mass is 626 g/mol. The molecule has 0 N–H and O–H groups in total. The van der Waals surface area contributed by atoms with Crippen LogP contribution in [0.15, 0.2) is 98.3 Å². The quantitative estimate of drug-likeness (QED) is 0.204. The Morgan fingerprint density at radius 1 is 1.00 bits per heavy atom. The number of nitrogens with zero attached hydrogens (tertiary/aromatic N) is 2. The molecule has 0 aliphatic carbocycles. The van der Waals surface area contributed by atoms with E-state index in [0.29, 0.717) is 37.7 Å². The van der Waals surface area contributed by atoms with E-state index in [-0.39, 0.29) is 29.4 Å². The van der Waals surface area contributed by atoms with Crippen molar-refractivity contribution in [2.24, 2.45) is 4.99 Å². The number of thiazole rings is 1. The third-order valence-corrected chi connectivity index (χ3v) is 8.59. The van der Waals surface area contributed by atoms with Crippen LogP contribution >= 0.6 is 22.9 Å². The lowest BCUT2D eigenvalue weighted by Crippen LogP contribution is -2.40. The molecule has 3 heterocycles.